The summed E-state index contributed by atoms with van der Waals surface area (Å²) in [5.74, 6) is -0.141. The number of ether oxygens (including phenoxy) is 2. The molecule has 1 amide bonds. The lowest BCUT2D eigenvalue weighted by Gasteiger charge is -2.11. The summed E-state index contributed by atoms with van der Waals surface area (Å²) in [6.07, 6.45) is 0. The molecular weight excluding hydrogens is 340 g/mol. The molecule has 0 spiro atoms. The Balaban J connectivity index is 1.82. The Kier molecular flexibility index (Phi) is 6.47. The van der Waals surface area contributed by atoms with Crippen molar-refractivity contribution in [2.24, 2.45) is 0 Å². The number of carbonyl (C=O) groups is 2. The van der Waals surface area contributed by atoms with Gasteiger partial charge in [-0.3, -0.25) is 10.1 Å². The number of para-hydroxylation sites is 1. The molecule has 0 aliphatic rings. The first-order valence-corrected chi connectivity index (χ1v) is 7.88. The number of carbonyl (C=O) groups excluding carboxylic acids is 2. The van der Waals surface area contributed by atoms with E-state index < -0.39 is 5.97 Å². The summed E-state index contributed by atoms with van der Waals surface area (Å²) in [4.78, 5) is 23.3. The third-order valence-corrected chi connectivity index (χ3v) is 3.47. The van der Waals surface area contributed by atoms with E-state index in [4.69, 9.17) is 17.0 Å². The minimum atomic E-state index is -0.421. The van der Waals surface area contributed by atoms with Crippen LogP contribution < -0.4 is 15.4 Å². The van der Waals surface area contributed by atoms with Crippen LogP contribution in [0.1, 0.15) is 15.9 Å². The third-order valence-electron chi connectivity index (χ3n) is 3.27. The van der Waals surface area contributed by atoms with Gasteiger partial charge in [0.05, 0.1) is 12.7 Å². The number of hydrogen-bond donors (Lipinski definition) is 2. The van der Waals surface area contributed by atoms with E-state index in [1.54, 1.807) is 30.3 Å². The zero-order chi connectivity index (χ0) is 18.2. The van der Waals surface area contributed by atoms with Gasteiger partial charge in [0.15, 0.2) is 11.7 Å². The fourth-order valence-electron chi connectivity index (χ4n) is 1.99. The summed E-state index contributed by atoms with van der Waals surface area (Å²) >= 11 is 5.09. The molecule has 25 heavy (non-hydrogen) atoms. The monoisotopic (exact) mass is 358 g/mol. The van der Waals surface area contributed by atoms with Gasteiger partial charge in [0.1, 0.15) is 5.75 Å². The molecule has 7 heteroatoms. The Labute approximate surface area is 151 Å². The zero-order valence-corrected chi connectivity index (χ0v) is 14.7. The molecule has 2 N–H and O–H groups in total. The second kappa shape index (κ2) is 8.79. The molecule has 0 aliphatic carbocycles. The number of methoxy groups -OCH3 is 1. The fraction of sp³-hybridized carbons (Fsp3) is 0.167. The quantitative estimate of drug-likeness (QED) is 0.632. The van der Waals surface area contributed by atoms with E-state index in [1.165, 1.54) is 7.11 Å². The van der Waals surface area contributed by atoms with Gasteiger partial charge in [-0.15, -0.1) is 0 Å². The fourth-order valence-corrected chi connectivity index (χ4v) is 2.23. The van der Waals surface area contributed by atoms with Gasteiger partial charge >= 0.3 is 5.97 Å². The second-order valence-electron chi connectivity index (χ2n) is 5.13. The summed E-state index contributed by atoms with van der Waals surface area (Å²) in [7, 11) is 1.32. The van der Waals surface area contributed by atoms with Gasteiger partial charge in [-0.2, -0.15) is 0 Å². The van der Waals surface area contributed by atoms with Crippen molar-refractivity contribution in [2.75, 3.05) is 19.0 Å². The first-order valence-electron chi connectivity index (χ1n) is 7.47. The molecule has 6 nitrogen and oxygen atoms in total. The largest absolute Gasteiger partial charge is 0.483 e. The van der Waals surface area contributed by atoms with Gasteiger partial charge in [0.2, 0.25) is 0 Å². The van der Waals surface area contributed by atoms with E-state index in [0.717, 1.165) is 5.56 Å². The molecule has 2 aromatic carbocycles. The van der Waals surface area contributed by atoms with Crippen molar-refractivity contribution in [3.63, 3.8) is 0 Å². The Morgan fingerprint density at radius 2 is 1.76 bits per heavy atom. The number of esters is 1. The predicted molar refractivity (Wildman–Crippen MR) is 98.8 cm³/mol. The average Bonchev–Trinajstić information content (AvgIpc) is 2.61. The van der Waals surface area contributed by atoms with E-state index in [0.29, 0.717) is 17.0 Å². The molecule has 2 rings (SSSR count). The lowest BCUT2D eigenvalue weighted by Crippen LogP contribution is -2.37. The van der Waals surface area contributed by atoms with E-state index in [2.05, 4.69) is 15.4 Å². The maximum absolute atomic E-state index is 11.9. The van der Waals surface area contributed by atoms with Crippen molar-refractivity contribution in [2.45, 2.75) is 6.92 Å². The summed E-state index contributed by atoms with van der Waals surface area (Å²) in [6.45, 7) is 1.76. The molecule has 0 unspecified atom stereocenters. The van der Waals surface area contributed by atoms with Crippen LogP contribution in [0.15, 0.2) is 48.5 Å². The highest BCUT2D eigenvalue weighted by Gasteiger charge is 2.08. The molecule has 0 saturated heterocycles. The molecule has 0 bridgehead atoms. The number of nitrogens with one attached hydrogen (secondary N) is 2. The molecule has 0 saturated carbocycles. The second-order valence-corrected chi connectivity index (χ2v) is 5.53. The molecular formula is C18H18N2O4S. The van der Waals surface area contributed by atoms with Crippen LogP contribution in [0.3, 0.4) is 0 Å². The highest BCUT2D eigenvalue weighted by atomic mass is 32.1. The van der Waals surface area contributed by atoms with E-state index in [-0.39, 0.29) is 17.6 Å². The number of benzene rings is 2. The first-order chi connectivity index (χ1) is 12.0. The standard InChI is InChI=1S/C18H18N2O4S/c1-12-5-3-4-6-15(12)24-11-16(21)20-18(25)19-14-9-7-13(8-10-14)17(22)23-2/h3-10H,11H2,1-2H3,(H2,19,20,21,25). The number of aryl methyl sites for hydroxylation is 1. The summed E-state index contributed by atoms with van der Waals surface area (Å²) in [6, 6.07) is 13.9. The molecule has 0 radical (unpaired) electrons. The Morgan fingerprint density at radius 1 is 1.08 bits per heavy atom. The van der Waals surface area contributed by atoms with Gasteiger partial charge in [-0.1, -0.05) is 18.2 Å². The average molecular weight is 358 g/mol. The van der Waals surface area contributed by atoms with Crippen LogP contribution in [0.25, 0.3) is 0 Å². The number of anilines is 1. The minimum Gasteiger partial charge on any atom is -0.483 e. The molecule has 0 aromatic heterocycles. The summed E-state index contributed by atoms with van der Waals surface area (Å²) < 4.78 is 10.1. The van der Waals surface area contributed by atoms with E-state index in [9.17, 15) is 9.59 Å². The van der Waals surface area contributed by atoms with Crippen molar-refractivity contribution >= 4 is 34.9 Å². The van der Waals surface area contributed by atoms with Gasteiger partial charge in [-0.05, 0) is 55.0 Å². The SMILES string of the molecule is COC(=O)c1ccc(NC(=S)NC(=O)COc2ccccc2C)cc1. The van der Waals surface area contributed by atoms with Crippen LogP contribution in [0.5, 0.6) is 5.75 Å². The maximum Gasteiger partial charge on any atom is 0.337 e. The number of hydrogen-bond acceptors (Lipinski definition) is 5. The minimum absolute atomic E-state index is 0.143. The van der Waals surface area contributed by atoms with Gasteiger partial charge in [0, 0.05) is 5.69 Å². The van der Waals surface area contributed by atoms with Crippen molar-refractivity contribution < 1.29 is 19.1 Å². The predicted octanol–water partition coefficient (Wildman–Crippen LogP) is 2.67. The molecule has 0 atom stereocenters. The Bertz CT molecular complexity index is 775. The van der Waals surface area contributed by atoms with Crippen molar-refractivity contribution in [3.05, 3.63) is 59.7 Å². The third kappa shape index (κ3) is 5.58. The van der Waals surface area contributed by atoms with Crippen LogP contribution in [-0.2, 0) is 9.53 Å². The van der Waals surface area contributed by atoms with Crippen LogP contribution in [0.2, 0.25) is 0 Å². The first kappa shape index (κ1) is 18.4. The van der Waals surface area contributed by atoms with Crippen LogP contribution in [0.4, 0.5) is 5.69 Å². The summed E-state index contributed by atoms with van der Waals surface area (Å²) in [5, 5.41) is 5.53. The molecule has 0 fully saturated rings. The Hall–Kier alpha value is -2.93. The van der Waals surface area contributed by atoms with Crippen LogP contribution >= 0.6 is 12.2 Å². The van der Waals surface area contributed by atoms with Gasteiger partial charge < -0.3 is 14.8 Å². The smallest absolute Gasteiger partial charge is 0.337 e. The lowest BCUT2D eigenvalue weighted by atomic mass is 10.2. The summed E-state index contributed by atoms with van der Waals surface area (Å²) in [5.41, 5.74) is 2.01. The zero-order valence-electron chi connectivity index (χ0n) is 13.9. The normalized spacial score (nSPS) is 9.84. The lowest BCUT2D eigenvalue weighted by molar-refractivity contribution is -0.121. The molecule has 2 aromatic rings. The van der Waals surface area contributed by atoms with Crippen LogP contribution in [-0.4, -0.2) is 30.7 Å². The van der Waals surface area contributed by atoms with Crippen molar-refractivity contribution in [3.8, 4) is 5.75 Å². The van der Waals surface area contributed by atoms with E-state index >= 15 is 0 Å². The van der Waals surface area contributed by atoms with E-state index in [1.807, 2.05) is 25.1 Å². The number of rotatable bonds is 5. The number of amides is 1. The number of thiocarbonyl (C=S) groups is 1. The van der Waals surface area contributed by atoms with Gasteiger partial charge in [0.25, 0.3) is 5.91 Å². The van der Waals surface area contributed by atoms with Crippen molar-refractivity contribution in [1.29, 1.82) is 0 Å². The highest BCUT2D eigenvalue weighted by Crippen LogP contribution is 2.15. The Morgan fingerprint density at radius 3 is 2.40 bits per heavy atom. The molecule has 0 heterocycles. The van der Waals surface area contributed by atoms with Crippen molar-refractivity contribution in [1.82, 2.24) is 5.32 Å². The van der Waals surface area contributed by atoms with Crippen LogP contribution in [0, 0.1) is 6.92 Å². The van der Waals surface area contributed by atoms with Gasteiger partial charge in [-0.25, -0.2) is 4.79 Å². The maximum atomic E-state index is 11.9. The highest BCUT2D eigenvalue weighted by molar-refractivity contribution is 7.80. The topological polar surface area (TPSA) is 76.7 Å². The molecule has 0 aliphatic heterocycles. The molecule has 130 valence electrons.